The highest BCUT2D eigenvalue weighted by molar-refractivity contribution is 7.18. The van der Waals surface area contributed by atoms with Crippen LogP contribution in [0.3, 0.4) is 0 Å². The molecule has 0 spiro atoms. The summed E-state index contributed by atoms with van der Waals surface area (Å²) in [7, 11) is 0. The number of nitrogens with one attached hydrogen (secondary N) is 3. The van der Waals surface area contributed by atoms with E-state index < -0.39 is 18.0 Å². The first-order valence-corrected chi connectivity index (χ1v) is 12.3. The Balaban J connectivity index is 1.50. The molecule has 0 bridgehead atoms. The molecule has 3 N–H and O–H groups in total. The highest BCUT2D eigenvalue weighted by Gasteiger charge is 2.23. The number of benzene rings is 3. The van der Waals surface area contributed by atoms with E-state index in [1.54, 1.807) is 36.4 Å². The molecule has 0 aliphatic carbocycles. The van der Waals surface area contributed by atoms with E-state index in [0.717, 1.165) is 11.1 Å². The predicted molar refractivity (Wildman–Crippen MR) is 142 cm³/mol. The first-order chi connectivity index (χ1) is 16.9. The topological polar surface area (TPSA) is 96.0 Å². The molecular weight excluding hydrogens is 529 g/mol. The Hall–Kier alpha value is -3.17. The third-order valence-corrected chi connectivity index (χ3v) is 6.59. The largest absolute Gasteiger partial charge is 0.326 e. The number of urea groups is 1. The van der Waals surface area contributed by atoms with Crippen LogP contribution in [0.1, 0.15) is 5.56 Å². The number of para-hydroxylation sites is 1. The molecule has 0 saturated carbocycles. The van der Waals surface area contributed by atoms with Gasteiger partial charge >= 0.3 is 6.03 Å². The van der Waals surface area contributed by atoms with Crippen molar-refractivity contribution in [3.8, 4) is 10.6 Å². The van der Waals surface area contributed by atoms with Crippen LogP contribution in [0.4, 0.5) is 15.6 Å². The summed E-state index contributed by atoms with van der Waals surface area (Å²) in [6.45, 7) is 0. The maximum Gasteiger partial charge on any atom is 0.319 e. The summed E-state index contributed by atoms with van der Waals surface area (Å²) in [4.78, 5) is 25.9. The highest BCUT2D eigenvalue weighted by atomic mass is 35.5. The Bertz CT molecular complexity index is 1330. The smallest absolute Gasteiger partial charge is 0.319 e. The van der Waals surface area contributed by atoms with Crippen molar-refractivity contribution in [2.75, 3.05) is 10.6 Å². The lowest BCUT2D eigenvalue weighted by Gasteiger charge is -2.19. The van der Waals surface area contributed by atoms with Gasteiger partial charge < -0.3 is 10.6 Å². The van der Waals surface area contributed by atoms with Crippen molar-refractivity contribution in [3.05, 3.63) is 93.4 Å². The van der Waals surface area contributed by atoms with Crippen LogP contribution in [-0.2, 0) is 11.2 Å². The summed E-state index contributed by atoms with van der Waals surface area (Å²) >= 11 is 19.5. The lowest BCUT2D eigenvalue weighted by molar-refractivity contribution is -0.117. The molecule has 3 amide bonds. The SMILES string of the molecule is O=C(Nc1c(Cl)cccc1Cl)N[C@@H](Cc1ccccc1)C(=O)Nc1nnc(-c2cccc(Cl)c2)s1. The molecule has 35 heavy (non-hydrogen) atoms. The molecule has 1 aromatic heterocycles. The van der Waals surface area contributed by atoms with Gasteiger partial charge in [-0.25, -0.2) is 4.79 Å². The highest BCUT2D eigenvalue weighted by Crippen LogP contribution is 2.30. The lowest BCUT2D eigenvalue weighted by atomic mass is 10.1. The van der Waals surface area contributed by atoms with Crippen LogP contribution < -0.4 is 16.0 Å². The van der Waals surface area contributed by atoms with Crippen molar-refractivity contribution in [1.29, 1.82) is 0 Å². The molecule has 0 saturated heterocycles. The van der Waals surface area contributed by atoms with Gasteiger partial charge in [-0.05, 0) is 29.8 Å². The number of hydrogen-bond acceptors (Lipinski definition) is 5. The summed E-state index contributed by atoms with van der Waals surface area (Å²) < 4.78 is 0. The normalized spacial score (nSPS) is 11.5. The zero-order valence-electron chi connectivity index (χ0n) is 18.0. The zero-order valence-corrected chi connectivity index (χ0v) is 21.1. The van der Waals surface area contributed by atoms with Crippen molar-refractivity contribution >= 4 is 68.9 Å². The second-order valence-corrected chi connectivity index (χ2v) is 9.58. The van der Waals surface area contributed by atoms with Gasteiger partial charge in [0.15, 0.2) is 0 Å². The number of rotatable bonds is 7. The molecule has 3 aromatic carbocycles. The number of amides is 3. The quantitative estimate of drug-likeness (QED) is 0.245. The van der Waals surface area contributed by atoms with E-state index in [1.807, 2.05) is 36.4 Å². The maximum absolute atomic E-state index is 13.2. The zero-order chi connectivity index (χ0) is 24.8. The van der Waals surface area contributed by atoms with Crippen molar-refractivity contribution in [2.45, 2.75) is 12.5 Å². The second-order valence-electron chi connectivity index (χ2n) is 7.35. The molecule has 4 rings (SSSR count). The Morgan fingerprint density at radius 1 is 0.857 bits per heavy atom. The molecule has 1 heterocycles. The minimum Gasteiger partial charge on any atom is -0.326 e. The molecule has 0 fully saturated rings. The van der Waals surface area contributed by atoms with Gasteiger partial charge in [-0.15, -0.1) is 10.2 Å². The van der Waals surface area contributed by atoms with Crippen molar-refractivity contribution in [2.24, 2.45) is 0 Å². The first kappa shape index (κ1) is 24.9. The standard InChI is InChI=1S/C24H18Cl3N5O2S/c25-16-9-4-8-15(13-16)22-31-32-24(35-22)30-21(33)19(12-14-6-2-1-3-7-14)28-23(34)29-20-17(26)10-5-11-18(20)27/h1-11,13,19H,12H2,(H2,28,29,34)(H,30,32,33)/t19-/m0/s1. The van der Waals surface area contributed by atoms with Gasteiger partial charge in [0.1, 0.15) is 11.0 Å². The van der Waals surface area contributed by atoms with Crippen LogP contribution >= 0.6 is 46.1 Å². The number of aromatic nitrogens is 2. The number of carbonyl (C=O) groups is 2. The Morgan fingerprint density at radius 2 is 1.57 bits per heavy atom. The molecule has 4 aromatic rings. The molecule has 0 unspecified atom stereocenters. The van der Waals surface area contributed by atoms with E-state index in [4.69, 9.17) is 34.8 Å². The van der Waals surface area contributed by atoms with E-state index in [1.165, 1.54) is 11.3 Å². The minimum atomic E-state index is -0.919. The number of hydrogen-bond donors (Lipinski definition) is 3. The predicted octanol–water partition coefficient (Wildman–Crippen LogP) is 6.54. The van der Waals surface area contributed by atoms with Gasteiger partial charge in [-0.2, -0.15) is 0 Å². The Morgan fingerprint density at radius 3 is 2.29 bits per heavy atom. The van der Waals surface area contributed by atoms with Crippen LogP contribution in [0.15, 0.2) is 72.8 Å². The molecule has 0 aliphatic rings. The van der Waals surface area contributed by atoms with E-state index in [-0.39, 0.29) is 22.2 Å². The third-order valence-electron chi connectivity index (χ3n) is 4.83. The van der Waals surface area contributed by atoms with Crippen LogP contribution in [-0.4, -0.2) is 28.2 Å². The van der Waals surface area contributed by atoms with Crippen LogP contribution in [0.25, 0.3) is 10.6 Å². The van der Waals surface area contributed by atoms with Gasteiger partial charge in [-0.1, -0.05) is 94.7 Å². The van der Waals surface area contributed by atoms with Crippen molar-refractivity contribution in [3.63, 3.8) is 0 Å². The first-order valence-electron chi connectivity index (χ1n) is 10.3. The van der Waals surface area contributed by atoms with Gasteiger partial charge in [0, 0.05) is 17.0 Å². The fourth-order valence-electron chi connectivity index (χ4n) is 3.19. The van der Waals surface area contributed by atoms with Crippen LogP contribution in [0.2, 0.25) is 15.1 Å². The maximum atomic E-state index is 13.2. The average molecular weight is 547 g/mol. The molecule has 178 valence electrons. The van der Waals surface area contributed by atoms with Crippen LogP contribution in [0, 0.1) is 0 Å². The molecule has 0 radical (unpaired) electrons. The minimum absolute atomic E-state index is 0.246. The molecule has 7 nitrogen and oxygen atoms in total. The van der Waals surface area contributed by atoms with E-state index >= 15 is 0 Å². The van der Waals surface area contributed by atoms with Gasteiger partial charge in [0.05, 0.1) is 15.7 Å². The van der Waals surface area contributed by atoms with E-state index in [0.29, 0.717) is 15.2 Å². The summed E-state index contributed by atoms with van der Waals surface area (Å²) in [5.41, 5.74) is 1.90. The summed E-state index contributed by atoms with van der Waals surface area (Å²) in [5.74, 6) is -0.456. The van der Waals surface area contributed by atoms with Gasteiger partial charge in [0.2, 0.25) is 11.0 Å². The van der Waals surface area contributed by atoms with Gasteiger partial charge in [0.25, 0.3) is 0 Å². The molecule has 0 aliphatic heterocycles. The van der Waals surface area contributed by atoms with Gasteiger partial charge in [-0.3, -0.25) is 10.1 Å². The monoisotopic (exact) mass is 545 g/mol. The molecule has 1 atom stereocenters. The Kier molecular flexibility index (Phi) is 8.20. The fourth-order valence-corrected chi connectivity index (χ4v) is 4.61. The molecular formula is C24H18Cl3N5O2S. The van der Waals surface area contributed by atoms with E-state index in [2.05, 4.69) is 26.1 Å². The summed E-state index contributed by atoms with van der Waals surface area (Å²) in [5, 5.41) is 18.2. The summed E-state index contributed by atoms with van der Waals surface area (Å²) in [6.07, 6.45) is 0.246. The Labute approximate surface area is 220 Å². The fraction of sp³-hybridized carbons (Fsp3) is 0.0833. The van der Waals surface area contributed by atoms with Crippen molar-refractivity contribution in [1.82, 2.24) is 15.5 Å². The van der Waals surface area contributed by atoms with E-state index in [9.17, 15) is 9.59 Å². The third kappa shape index (κ3) is 6.70. The number of carbonyl (C=O) groups excluding carboxylic acids is 2. The molecule has 11 heteroatoms. The number of nitrogens with zero attached hydrogens (tertiary/aromatic N) is 2. The summed E-state index contributed by atoms with van der Waals surface area (Å²) in [6, 6.07) is 19.8. The van der Waals surface area contributed by atoms with Crippen LogP contribution in [0.5, 0.6) is 0 Å². The second kappa shape index (κ2) is 11.5. The number of halogens is 3. The van der Waals surface area contributed by atoms with Crippen molar-refractivity contribution < 1.29 is 9.59 Å². The average Bonchev–Trinajstić information content (AvgIpc) is 3.30. The lowest BCUT2D eigenvalue weighted by Crippen LogP contribution is -2.47. The number of anilines is 2.